The van der Waals surface area contributed by atoms with E-state index in [1.165, 1.54) is 40.3 Å². The standard InChI is InChI=1S/C17H15Cl2N3O3S2/c1-11(10-20-27(24,25)16-9-12(18)4-5-13(16)19)22-17(23)7-6-14(21-22)15-3-2-8-26-15/h2-9,11,20H,10H2,1H3. The Hall–Kier alpha value is -1.71. The molecule has 1 atom stereocenters. The van der Waals surface area contributed by atoms with Crippen LogP contribution >= 0.6 is 34.5 Å². The molecule has 27 heavy (non-hydrogen) atoms. The highest BCUT2D eigenvalue weighted by atomic mass is 35.5. The minimum absolute atomic E-state index is 0.0357. The molecule has 0 saturated heterocycles. The van der Waals surface area contributed by atoms with Crippen LogP contribution < -0.4 is 10.3 Å². The molecule has 0 amide bonds. The number of hydrogen-bond acceptors (Lipinski definition) is 5. The van der Waals surface area contributed by atoms with Crippen molar-refractivity contribution < 1.29 is 8.42 Å². The maximum Gasteiger partial charge on any atom is 0.267 e. The second-order valence-electron chi connectivity index (χ2n) is 5.75. The number of thiophene rings is 1. The van der Waals surface area contributed by atoms with Gasteiger partial charge in [0.25, 0.3) is 5.56 Å². The molecule has 3 aromatic rings. The average Bonchev–Trinajstić information content (AvgIpc) is 3.17. The molecule has 0 radical (unpaired) electrons. The molecule has 2 aromatic heterocycles. The van der Waals surface area contributed by atoms with E-state index in [-0.39, 0.29) is 27.0 Å². The molecule has 0 bridgehead atoms. The first kappa shape index (κ1) is 20.0. The first-order valence-electron chi connectivity index (χ1n) is 7.86. The van der Waals surface area contributed by atoms with Crippen molar-refractivity contribution in [1.29, 1.82) is 0 Å². The van der Waals surface area contributed by atoms with Gasteiger partial charge in [-0.2, -0.15) is 5.10 Å². The van der Waals surface area contributed by atoms with E-state index < -0.39 is 16.1 Å². The maximum atomic E-state index is 12.5. The molecule has 0 aliphatic rings. The van der Waals surface area contributed by atoms with Gasteiger partial charge in [0.1, 0.15) is 10.6 Å². The largest absolute Gasteiger partial charge is 0.268 e. The smallest absolute Gasteiger partial charge is 0.267 e. The molecule has 142 valence electrons. The zero-order valence-corrected chi connectivity index (χ0v) is 17.2. The van der Waals surface area contributed by atoms with Gasteiger partial charge < -0.3 is 0 Å². The normalized spacial score (nSPS) is 12.9. The van der Waals surface area contributed by atoms with Crippen molar-refractivity contribution in [3.63, 3.8) is 0 Å². The molecule has 1 unspecified atom stereocenters. The zero-order valence-electron chi connectivity index (χ0n) is 14.1. The SMILES string of the molecule is CC(CNS(=O)(=O)c1cc(Cl)ccc1Cl)n1nc(-c2cccs2)ccc1=O. The molecule has 3 rings (SSSR count). The Morgan fingerprint density at radius 1 is 1.22 bits per heavy atom. The Labute approximate surface area is 170 Å². The number of aromatic nitrogens is 2. The van der Waals surface area contributed by atoms with Crippen LogP contribution in [0.25, 0.3) is 10.6 Å². The van der Waals surface area contributed by atoms with Gasteiger partial charge >= 0.3 is 0 Å². The Kier molecular flexibility index (Phi) is 6.02. The summed E-state index contributed by atoms with van der Waals surface area (Å²) in [6, 6.07) is 10.5. The molecule has 0 spiro atoms. The molecule has 2 heterocycles. The van der Waals surface area contributed by atoms with Crippen LogP contribution in [0.15, 0.2) is 57.5 Å². The van der Waals surface area contributed by atoms with E-state index in [1.54, 1.807) is 13.0 Å². The van der Waals surface area contributed by atoms with Gasteiger partial charge in [-0.1, -0.05) is 29.3 Å². The van der Waals surface area contributed by atoms with Crippen LogP contribution in [0.1, 0.15) is 13.0 Å². The number of rotatable bonds is 6. The first-order chi connectivity index (χ1) is 12.8. The maximum absolute atomic E-state index is 12.5. The topological polar surface area (TPSA) is 81.1 Å². The Balaban J connectivity index is 1.81. The van der Waals surface area contributed by atoms with E-state index in [4.69, 9.17) is 23.2 Å². The number of hydrogen-bond donors (Lipinski definition) is 1. The van der Waals surface area contributed by atoms with Crippen LogP contribution in [-0.4, -0.2) is 24.7 Å². The van der Waals surface area contributed by atoms with Crippen LogP contribution in [0.3, 0.4) is 0 Å². The van der Waals surface area contributed by atoms with Crippen molar-refractivity contribution in [3.05, 3.63) is 68.2 Å². The minimum atomic E-state index is -3.89. The lowest BCUT2D eigenvalue weighted by atomic mass is 10.3. The summed E-state index contributed by atoms with van der Waals surface area (Å²) < 4.78 is 28.8. The van der Waals surface area contributed by atoms with Crippen molar-refractivity contribution >= 4 is 44.6 Å². The van der Waals surface area contributed by atoms with Gasteiger partial charge in [-0.15, -0.1) is 11.3 Å². The monoisotopic (exact) mass is 443 g/mol. The predicted octanol–water partition coefficient (Wildman–Crippen LogP) is 3.82. The lowest BCUT2D eigenvalue weighted by Crippen LogP contribution is -2.35. The van der Waals surface area contributed by atoms with E-state index in [0.717, 1.165) is 4.88 Å². The second-order valence-corrected chi connectivity index (χ2v) is 9.28. The van der Waals surface area contributed by atoms with E-state index in [9.17, 15) is 13.2 Å². The van der Waals surface area contributed by atoms with Gasteiger partial charge in [0.05, 0.1) is 15.9 Å². The third-order valence-electron chi connectivity index (χ3n) is 3.77. The Morgan fingerprint density at radius 3 is 2.70 bits per heavy atom. The number of nitrogens with zero attached hydrogens (tertiary/aromatic N) is 2. The average molecular weight is 444 g/mol. The number of benzene rings is 1. The molecule has 6 nitrogen and oxygen atoms in total. The summed E-state index contributed by atoms with van der Waals surface area (Å²) in [5.41, 5.74) is 0.333. The van der Waals surface area contributed by atoms with Gasteiger partial charge in [-0.3, -0.25) is 4.79 Å². The summed E-state index contributed by atoms with van der Waals surface area (Å²) in [7, 11) is -3.89. The van der Waals surface area contributed by atoms with E-state index in [1.807, 2.05) is 17.5 Å². The van der Waals surface area contributed by atoms with Gasteiger partial charge in [0.15, 0.2) is 0 Å². The number of halogens is 2. The number of sulfonamides is 1. The van der Waals surface area contributed by atoms with Crippen LogP contribution in [0, 0.1) is 0 Å². The first-order valence-corrected chi connectivity index (χ1v) is 11.0. The van der Waals surface area contributed by atoms with Gasteiger partial charge in [0.2, 0.25) is 10.0 Å². The van der Waals surface area contributed by atoms with Crippen LogP contribution in [0.2, 0.25) is 10.0 Å². The fourth-order valence-electron chi connectivity index (χ4n) is 2.37. The van der Waals surface area contributed by atoms with E-state index in [2.05, 4.69) is 9.82 Å². The fourth-order valence-corrected chi connectivity index (χ4v) is 4.95. The van der Waals surface area contributed by atoms with Crippen LogP contribution in [0.5, 0.6) is 0 Å². The summed E-state index contributed by atoms with van der Waals surface area (Å²) in [6.45, 7) is 1.67. The number of nitrogens with one attached hydrogen (secondary N) is 1. The Morgan fingerprint density at radius 2 is 2.00 bits per heavy atom. The highest BCUT2D eigenvalue weighted by molar-refractivity contribution is 7.89. The molecule has 1 N–H and O–H groups in total. The highest BCUT2D eigenvalue weighted by Crippen LogP contribution is 2.25. The van der Waals surface area contributed by atoms with Gasteiger partial charge in [-0.05, 0) is 42.6 Å². The summed E-state index contributed by atoms with van der Waals surface area (Å²) in [5.74, 6) is 0. The molecule has 0 aliphatic heterocycles. The molecular formula is C17H15Cl2N3O3S2. The van der Waals surface area contributed by atoms with Crippen molar-refractivity contribution in [2.24, 2.45) is 0 Å². The van der Waals surface area contributed by atoms with E-state index >= 15 is 0 Å². The molecule has 0 fully saturated rings. The quantitative estimate of drug-likeness (QED) is 0.627. The van der Waals surface area contributed by atoms with Crippen molar-refractivity contribution in [2.45, 2.75) is 17.9 Å². The van der Waals surface area contributed by atoms with Crippen molar-refractivity contribution in [1.82, 2.24) is 14.5 Å². The summed E-state index contributed by atoms with van der Waals surface area (Å²) >= 11 is 13.3. The van der Waals surface area contributed by atoms with Crippen molar-refractivity contribution in [2.75, 3.05) is 6.54 Å². The predicted molar refractivity (Wildman–Crippen MR) is 108 cm³/mol. The lowest BCUT2D eigenvalue weighted by molar-refractivity contribution is 0.459. The summed E-state index contributed by atoms with van der Waals surface area (Å²) in [6.07, 6.45) is 0. The highest BCUT2D eigenvalue weighted by Gasteiger charge is 2.20. The van der Waals surface area contributed by atoms with Gasteiger partial charge in [-0.25, -0.2) is 17.8 Å². The second kappa shape index (κ2) is 8.12. The lowest BCUT2D eigenvalue weighted by Gasteiger charge is -2.16. The van der Waals surface area contributed by atoms with Crippen LogP contribution in [0.4, 0.5) is 0 Å². The van der Waals surface area contributed by atoms with Crippen molar-refractivity contribution in [3.8, 4) is 10.6 Å². The molecule has 0 saturated carbocycles. The molecule has 1 aromatic carbocycles. The summed E-state index contributed by atoms with van der Waals surface area (Å²) in [4.78, 5) is 13.0. The Bertz CT molecular complexity index is 1110. The van der Waals surface area contributed by atoms with Crippen LogP contribution in [-0.2, 0) is 10.0 Å². The summed E-state index contributed by atoms with van der Waals surface area (Å²) in [5, 5.41) is 6.59. The fraction of sp³-hybridized carbons (Fsp3) is 0.176. The zero-order chi connectivity index (χ0) is 19.6. The molecular weight excluding hydrogens is 429 g/mol. The minimum Gasteiger partial charge on any atom is -0.268 e. The molecule has 0 aliphatic carbocycles. The molecule has 10 heteroatoms. The third-order valence-corrected chi connectivity index (χ3v) is 6.80. The third kappa shape index (κ3) is 4.59. The van der Waals surface area contributed by atoms with Gasteiger partial charge in [0, 0.05) is 17.6 Å². The van der Waals surface area contributed by atoms with E-state index in [0.29, 0.717) is 5.69 Å².